The standard InChI is InChI=1S/C18H17F2N5O3S2/c1-2-18(19,13-10-14(15(21)23-11-13)17-22-8-9-29-17)25(20)30(27,28)24-16(26)12-6-4-3-5-7-12/h3-11H,2H2,1H3,(H2,21,23)(H,24,26). The summed E-state index contributed by atoms with van der Waals surface area (Å²) in [5, 5.41) is 2.07. The number of aromatic nitrogens is 2. The number of hydrogen-bond acceptors (Lipinski definition) is 7. The molecule has 3 aromatic rings. The number of nitrogens with two attached hydrogens (primary N) is 1. The van der Waals surface area contributed by atoms with E-state index in [0.717, 1.165) is 6.20 Å². The molecule has 0 spiro atoms. The first-order valence-corrected chi connectivity index (χ1v) is 10.9. The Bertz CT molecular complexity index is 1140. The quantitative estimate of drug-likeness (QED) is 0.419. The fraction of sp³-hybridized carbons (Fsp3) is 0.167. The van der Waals surface area contributed by atoms with E-state index in [1.165, 1.54) is 59.5 Å². The molecule has 1 amide bonds. The highest BCUT2D eigenvalue weighted by Gasteiger charge is 2.47. The van der Waals surface area contributed by atoms with Gasteiger partial charge in [0.2, 0.25) is 5.79 Å². The third-order valence-corrected chi connectivity index (χ3v) is 6.20. The largest absolute Gasteiger partial charge is 0.383 e. The number of hydrogen-bond donors (Lipinski definition) is 2. The van der Waals surface area contributed by atoms with Gasteiger partial charge in [0.1, 0.15) is 10.8 Å². The van der Waals surface area contributed by atoms with Crippen LogP contribution in [-0.4, -0.2) is 28.8 Å². The van der Waals surface area contributed by atoms with Crippen molar-refractivity contribution in [3.05, 3.63) is 65.3 Å². The molecule has 0 radical (unpaired) electrons. The van der Waals surface area contributed by atoms with Gasteiger partial charge in [-0.3, -0.25) is 4.79 Å². The predicted octanol–water partition coefficient (Wildman–Crippen LogP) is 3.18. The van der Waals surface area contributed by atoms with E-state index >= 15 is 4.39 Å². The molecule has 158 valence electrons. The number of alkyl halides is 1. The minimum absolute atomic E-state index is 0.0257. The molecule has 1 aromatic carbocycles. The van der Waals surface area contributed by atoms with Crippen LogP contribution in [0, 0.1) is 0 Å². The molecule has 3 rings (SSSR count). The molecule has 3 N–H and O–H groups in total. The predicted molar refractivity (Wildman–Crippen MR) is 109 cm³/mol. The third-order valence-electron chi connectivity index (χ3n) is 4.24. The molecule has 2 aromatic heterocycles. The van der Waals surface area contributed by atoms with Gasteiger partial charge in [-0.25, -0.2) is 19.1 Å². The molecule has 0 aliphatic heterocycles. The topological polar surface area (TPSA) is 118 Å². The third kappa shape index (κ3) is 4.15. The van der Waals surface area contributed by atoms with Crippen molar-refractivity contribution in [1.29, 1.82) is 0 Å². The van der Waals surface area contributed by atoms with Gasteiger partial charge in [0.15, 0.2) is 0 Å². The van der Waals surface area contributed by atoms with Crippen LogP contribution in [0.5, 0.6) is 0 Å². The lowest BCUT2D eigenvalue weighted by molar-refractivity contribution is -0.0941. The summed E-state index contributed by atoms with van der Waals surface area (Å²) in [6, 6.07) is 8.47. The smallest absolute Gasteiger partial charge is 0.333 e. The Labute approximate surface area is 175 Å². The zero-order valence-electron chi connectivity index (χ0n) is 15.6. The molecule has 0 aliphatic carbocycles. The Morgan fingerprint density at radius 3 is 2.60 bits per heavy atom. The van der Waals surface area contributed by atoms with Crippen LogP contribution in [0.1, 0.15) is 29.3 Å². The molecule has 0 fully saturated rings. The Kier molecular flexibility index (Phi) is 6.10. The maximum Gasteiger partial charge on any atom is 0.333 e. The maximum absolute atomic E-state index is 15.7. The van der Waals surface area contributed by atoms with Gasteiger partial charge in [-0.2, -0.15) is 8.42 Å². The molecule has 30 heavy (non-hydrogen) atoms. The van der Waals surface area contributed by atoms with Crippen LogP contribution in [0.15, 0.2) is 54.2 Å². The molecule has 1 unspecified atom stereocenters. The van der Waals surface area contributed by atoms with E-state index in [0.29, 0.717) is 5.01 Å². The minimum Gasteiger partial charge on any atom is -0.383 e. The van der Waals surface area contributed by atoms with Crippen LogP contribution in [0.25, 0.3) is 10.6 Å². The number of carbonyl (C=O) groups excluding carboxylic acids is 1. The van der Waals surface area contributed by atoms with Crippen LogP contribution in [0.2, 0.25) is 0 Å². The Morgan fingerprint density at radius 1 is 1.30 bits per heavy atom. The van der Waals surface area contributed by atoms with E-state index in [1.807, 2.05) is 0 Å². The summed E-state index contributed by atoms with van der Waals surface area (Å²) in [4.78, 5) is 20.0. The normalized spacial score (nSPS) is 13.7. The van der Waals surface area contributed by atoms with Gasteiger partial charge in [-0.05, 0) is 18.2 Å². The van der Waals surface area contributed by atoms with E-state index in [9.17, 15) is 17.7 Å². The van der Waals surface area contributed by atoms with Crippen LogP contribution < -0.4 is 10.5 Å². The fourth-order valence-electron chi connectivity index (χ4n) is 2.64. The van der Waals surface area contributed by atoms with Crippen molar-refractivity contribution in [2.75, 3.05) is 5.73 Å². The lowest BCUT2D eigenvalue weighted by Gasteiger charge is -2.29. The van der Waals surface area contributed by atoms with Gasteiger partial charge in [0.05, 0.1) is 5.56 Å². The maximum atomic E-state index is 15.7. The van der Waals surface area contributed by atoms with E-state index in [2.05, 4.69) is 9.97 Å². The zero-order valence-corrected chi connectivity index (χ0v) is 17.3. The van der Waals surface area contributed by atoms with Crippen LogP contribution in [0.4, 0.5) is 14.7 Å². The number of pyridine rings is 1. The Hall–Kier alpha value is -2.96. The van der Waals surface area contributed by atoms with Gasteiger partial charge in [-0.15, -0.1) is 15.8 Å². The number of nitrogen functional groups attached to an aromatic ring is 1. The van der Waals surface area contributed by atoms with Gasteiger partial charge in [-0.1, -0.05) is 25.1 Å². The highest BCUT2D eigenvalue weighted by atomic mass is 32.2. The molecular formula is C18H17F2N5O3S2. The number of amides is 1. The molecule has 0 saturated carbocycles. The van der Waals surface area contributed by atoms with Crippen molar-refractivity contribution < 1.29 is 22.1 Å². The van der Waals surface area contributed by atoms with E-state index < -0.39 is 38.4 Å². The summed E-state index contributed by atoms with van der Waals surface area (Å²) in [5.74, 6) is -4.22. The zero-order chi connectivity index (χ0) is 21.9. The number of anilines is 1. The van der Waals surface area contributed by atoms with Crippen molar-refractivity contribution in [2.45, 2.75) is 19.1 Å². The van der Waals surface area contributed by atoms with Crippen molar-refractivity contribution in [3.8, 4) is 10.6 Å². The summed E-state index contributed by atoms with van der Waals surface area (Å²) >= 11 is 1.20. The molecule has 0 saturated heterocycles. The van der Waals surface area contributed by atoms with Crippen molar-refractivity contribution in [1.82, 2.24) is 19.2 Å². The van der Waals surface area contributed by atoms with Gasteiger partial charge < -0.3 is 5.73 Å². The van der Waals surface area contributed by atoms with Gasteiger partial charge in [0, 0.05) is 39.8 Å². The second-order valence-corrected chi connectivity index (χ2v) is 8.49. The van der Waals surface area contributed by atoms with E-state index in [-0.39, 0.29) is 16.9 Å². The second-order valence-electron chi connectivity index (χ2n) is 6.12. The number of carbonyl (C=O) groups is 1. The van der Waals surface area contributed by atoms with Crippen molar-refractivity contribution in [3.63, 3.8) is 0 Å². The lowest BCUT2D eigenvalue weighted by Crippen LogP contribution is -2.48. The van der Waals surface area contributed by atoms with Crippen LogP contribution >= 0.6 is 11.3 Å². The number of halogens is 2. The van der Waals surface area contributed by atoms with Crippen molar-refractivity contribution in [2.24, 2.45) is 0 Å². The SMILES string of the molecule is CCC(F)(c1cnc(N)c(-c2nccs2)c1)N(F)S(=O)(=O)NC(=O)c1ccccc1. The van der Waals surface area contributed by atoms with Gasteiger partial charge in [0.25, 0.3) is 5.91 Å². The molecule has 12 heteroatoms. The number of benzene rings is 1. The van der Waals surface area contributed by atoms with Gasteiger partial charge >= 0.3 is 10.2 Å². The molecule has 8 nitrogen and oxygen atoms in total. The average molecular weight is 453 g/mol. The minimum atomic E-state index is -5.18. The second kappa shape index (κ2) is 8.42. The number of nitrogens with one attached hydrogen (secondary N) is 1. The average Bonchev–Trinajstić information content (AvgIpc) is 3.28. The van der Waals surface area contributed by atoms with E-state index in [1.54, 1.807) is 11.4 Å². The summed E-state index contributed by atoms with van der Waals surface area (Å²) in [5.41, 5.74) is 5.61. The molecule has 0 aliphatic rings. The molecule has 1 atom stereocenters. The highest BCUT2D eigenvalue weighted by Crippen LogP contribution is 2.38. The lowest BCUT2D eigenvalue weighted by atomic mass is 10.0. The van der Waals surface area contributed by atoms with Crippen LogP contribution in [0.3, 0.4) is 0 Å². The first-order chi connectivity index (χ1) is 14.2. The van der Waals surface area contributed by atoms with Crippen molar-refractivity contribution >= 4 is 33.3 Å². The van der Waals surface area contributed by atoms with E-state index in [4.69, 9.17) is 5.73 Å². The molecule has 2 heterocycles. The molecular weight excluding hydrogens is 436 g/mol. The Morgan fingerprint density at radius 2 is 2.00 bits per heavy atom. The highest BCUT2D eigenvalue weighted by molar-refractivity contribution is 7.87. The first kappa shape index (κ1) is 21.7. The summed E-state index contributed by atoms with van der Waals surface area (Å²) in [7, 11) is -5.18. The number of rotatable bonds is 7. The summed E-state index contributed by atoms with van der Waals surface area (Å²) < 4.78 is 55.9. The summed E-state index contributed by atoms with van der Waals surface area (Å²) in [6.07, 6.45) is 1.84. The molecule has 0 bridgehead atoms. The monoisotopic (exact) mass is 453 g/mol. The first-order valence-electron chi connectivity index (χ1n) is 8.62. The van der Waals surface area contributed by atoms with Crippen LogP contribution in [-0.2, 0) is 16.0 Å². The number of nitrogens with zero attached hydrogens (tertiary/aromatic N) is 3. The summed E-state index contributed by atoms with van der Waals surface area (Å²) in [6.45, 7) is 1.25. The fourth-order valence-corrected chi connectivity index (χ4v) is 4.35. The number of thiazole rings is 1. The Balaban J connectivity index is 1.95.